The van der Waals surface area contributed by atoms with Gasteiger partial charge in [-0.25, -0.2) is 4.98 Å². The maximum absolute atomic E-state index is 12.6. The maximum atomic E-state index is 12.6. The molecule has 5 heteroatoms. The van der Waals surface area contributed by atoms with Gasteiger partial charge in [0.1, 0.15) is 0 Å². The van der Waals surface area contributed by atoms with Crippen molar-refractivity contribution in [3.63, 3.8) is 0 Å². The van der Waals surface area contributed by atoms with Crippen LogP contribution in [0.5, 0.6) is 0 Å². The van der Waals surface area contributed by atoms with Gasteiger partial charge in [0.15, 0.2) is 5.82 Å². The Morgan fingerprint density at radius 3 is 2.96 bits per heavy atom. The van der Waals surface area contributed by atoms with E-state index in [2.05, 4.69) is 28.5 Å². The Kier molecular flexibility index (Phi) is 6.43. The molecule has 5 nitrogen and oxygen atoms in total. The Labute approximate surface area is 155 Å². The first-order chi connectivity index (χ1) is 12.7. The molecule has 3 rings (SSSR count). The lowest BCUT2D eigenvalue weighted by Gasteiger charge is -2.27. The average molecular weight is 350 g/mol. The third-order valence-corrected chi connectivity index (χ3v) is 5.20. The number of carbonyl (C=O) groups is 1. The zero-order valence-electron chi connectivity index (χ0n) is 15.1. The molecule has 26 heavy (non-hydrogen) atoms. The minimum absolute atomic E-state index is 0.0434. The van der Waals surface area contributed by atoms with E-state index in [-0.39, 0.29) is 11.8 Å². The highest BCUT2D eigenvalue weighted by Gasteiger charge is 2.27. The Morgan fingerprint density at radius 1 is 1.31 bits per heavy atom. The molecule has 1 fully saturated rings. The van der Waals surface area contributed by atoms with Gasteiger partial charge < -0.3 is 9.88 Å². The standard InChI is InChI=1S/C21H26N4O/c22-12-5-9-18-8-4-10-19(14-18)21(26)24-20-15-25(16-23-20)13-11-17-6-2-1-3-7-17/h1-3,6-7,15-16,18-19H,4-5,8-11,13-14H2,(H,24,26)/t18?,19-/m0/s1. The molecule has 1 aromatic heterocycles. The van der Waals surface area contributed by atoms with Crippen molar-refractivity contribution in [2.75, 3.05) is 5.32 Å². The summed E-state index contributed by atoms with van der Waals surface area (Å²) >= 11 is 0. The second kappa shape index (κ2) is 9.19. The van der Waals surface area contributed by atoms with Crippen molar-refractivity contribution in [1.29, 1.82) is 5.26 Å². The quantitative estimate of drug-likeness (QED) is 0.814. The number of carbonyl (C=O) groups excluding carboxylic acids is 1. The van der Waals surface area contributed by atoms with Crippen molar-refractivity contribution in [3.8, 4) is 6.07 Å². The van der Waals surface area contributed by atoms with E-state index < -0.39 is 0 Å². The normalized spacial score (nSPS) is 19.7. The summed E-state index contributed by atoms with van der Waals surface area (Å²) in [5.74, 6) is 1.24. The van der Waals surface area contributed by atoms with Crippen LogP contribution in [0.25, 0.3) is 0 Å². The third-order valence-electron chi connectivity index (χ3n) is 5.20. The second-order valence-electron chi connectivity index (χ2n) is 7.15. The lowest BCUT2D eigenvalue weighted by atomic mass is 9.79. The predicted octanol–water partition coefficient (Wildman–Crippen LogP) is 4.17. The Bertz CT molecular complexity index is 747. The van der Waals surface area contributed by atoms with Crippen LogP contribution >= 0.6 is 0 Å². The van der Waals surface area contributed by atoms with Crippen LogP contribution < -0.4 is 5.32 Å². The Balaban J connectivity index is 1.48. The summed E-state index contributed by atoms with van der Waals surface area (Å²) in [6.07, 6.45) is 10.1. The summed E-state index contributed by atoms with van der Waals surface area (Å²) in [5.41, 5.74) is 1.29. The number of benzene rings is 1. The maximum Gasteiger partial charge on any atom is 0.228 e. The Morgan fingerprint density at radius 2 is 2.15 bits per heavy atom. The molecule has 1 heterocycles. The van der Waals surface area contributed by atoms with Crippen molar-refractivity contribution < 1.29 is 4.79 Å². The van der Waals surface area contributed by atoms with E-state index in [1.54, 1.807) is 6.33 Å². The summed E-state index contributed by atoms with van der Waals surface area (Å²) in [7, 11) is 0. The highest BCUT2D eigenvalue weighted by molar-refractivity contribution is 5.91. The molecule has 1 aromatic carbocycles. The first-order valence-electron chi connectivity index (χ1n) is 9.48. The molecule has 0 spiro atoms. The molecule has 1 unspecified atom stereocenters. The van der Waals surface area contributed by atoms with Gasteiger partial charge in [-0.15, -0.1) is 0 Å². The van der Waals surface area contributed by atoms with Crippen LogP contribution in [0.1, 0.15) is 44.1 Å². The van der Waals surface area contributed by atoms with Crippen molar-refractivity contribution in [2.45, 2.75) is 51.5 Å². The monoisotopic (exact) mass is 350 g/mol. The summed E-state index contributed by atoms with van der Waals surface area (Å²) in [6.45, 7) is 0.840. The fourth-order valence-electron chi connectivity index (χ4n) is 3.74. The molecule has 0 saturated heterocycles. The first kappa shape index (κ1) is 18.2. The van der Waals surface area contributed by atoms with Gasteiger partial charge in [-0.2, -0.15) is 5.26 Å². The molecule has 2 aromatic rings. The number of aromatic nitrogens is 2. The molecule has 1 amide bonds. The van der Waals surface area contributed by atoms with Crippen molar-refractivity contribution in [2.24, 2.45) is 11.8 Å². The minimum atomic E-state index is 0.0434. The predicted molar refractivity (Wildman–Crippen MR) is 101 cm³/mol. The van der Waals surface area contributed by atoms with Crippen LogP contribution in [-0.4, -0.2) is 15.5 Å². The van der Waals surface area contributed by atoms with Crippen LogP contribution in [0, 0.1) is 23.2 Å². The highest BCUT2D eigenvalue weighted by atomic mass is 16.1. The van der Waals surface area contributed by atoms with Crippen molar-refractivity contribution in [1.82, 2.24) is 9.55 Å². The Hall–Kier alpha value is -2.61. The largest absolute Gasteiger partial charge is 0.335 e. The van der Waals surface area contributed by atoms with Gasteiger partial charge in [0.05, 0.1) is 12.4 Å². The summed E-state index contributed by atoms with van der Waals surface area (Å²) in [4.78, 5) is 16.9. The third kappa shape index (κ3) is 5.19. The zero-order valence-corrected chi connectivity index (χ0v) is 15.1. The number of hydrogen-bond donors (Lipinski definition) is 1. The number of aryl methyl sites for hydroxylation is 2. The number of nitriles is 1. The van der Waals surface area contributed by atoms with Gasteiger partial charge in [-0.1, -0.05) is 43.2 Å². The van der Waals surface area contributed by atoms with E-state index in [0.717, 1.165) is 45.1 Å². The SMILES string of the molecule is N#CCCC1CCC[C@H](C(=O)Nc2cn(CCc3ccccc3)cn2)C1. The molecular formula is C21H26N4O. The number of nitrogens with one attached hydrogen (secondary N) is 1. The van der Waals surface area contributed by atoms with E-state index in [4.69, 9.17) is 5.26 Å². The fraction of sp³-hybridized carbons (Fsp3) is 0.476. The van der Waals surface area contributed by atoms with E-state index >= 15 is 0 Å². The van der Waals surface area contributed by atoms with Gasteiger partial charge >= 0.3 is 0 Å². The summed E-state index contributed by atoms with van der Waals surface area (Å²) in [5, 5.41) is 11.7. The van der Waals surface area contributed by atoms with Crippen molar-refractivity contribution >= 4 is 11.7 Å². The number of nitrogens with zero attached hydrogens (tertiary/aromatic N) is 3. The van der Waals surface area contributed by atoms with Crippen LogP contribution in [0.15, 0.2) is 42.9 Å². The molecular weight excluding hydrogens is 324 g/mol. The summed E-state index contributed by atoms with van der Waals surface area (Å²) < 4.78 is 2.01. The molecule has 1 saturated carbocycles. The smallest absolute Gasteiger partial charge is 0.228 e. The van der Waals surface area contributed by atoms with Gasteiger partial charge in [0.2, 0.25) is 5.91 Å². The summed E-state index contributed by atoms with van der Waals surface area (Å²) in [6, 6.07) is 12.6. The van der Waals surface area contributed by atoms with Gasteiger partial charge in [-0.05, 0) is 37.2 Å². The lowest BCUT2D eigenvalue weighted by molar-refractivity contribution is -0.121. The highest BCUT2D eigenvalue weighted by Crippen LogP contribution is 2.32. The minimum Gasteiger partial charge on any atom is -0.335 e. The first-order valence-corrected chi connectivity index (χ1v) is 9.48. The van der Waals surface area contributed by atoms with Crippen LogP contribution in [0.2, 0.25) is 0 Å². The van der Waals surface area contributed by atoms with Crippen LogP contribution in [-0.2, 0) is 17.8 Å². The zero-order chi connectivity index (χ0) is 18.2. The van der Waals surface area contributed by atoms with E-state index in [9.17, 15) is 4.79 Å². The number of amides is 1. The number of imidazole rings is 1. The van der Waals surface area contributed by atoms with E-state index in [1.165, 1.54) is 5.56 Å². The molecule has 0 radical (unpaired) electrons. The fourth-order valence-corrected chi connectivity index (χ4v) is 3.74. The molecule has 1 N–H and O–H groups in total. The lowest BCUT2D eigenvalue weighted by Crippen LogP contribution is -2.28. The number of anilines is 1. The van der Waals surface area contributed by atoms with Gasteiger partial charge in [-0.3, -0.25) is 4.79 Å². The van der Waals surface area contributed by atoms with E-state index in [1.807, 2.05) is 29.0 Å². The van der Waals surface area contributed by atoms with Gasteiger partial charge in [0.25, 0.3) is 0 Å². The molecule has 136 valence electrons. The molecule has 2 atom stereocenters. The second-order valence-corrected chi connectivity index (χ2v) is 7.15. The van der Waals surface area contributed by atoms with E-state index in [0.29, 0.717) is 18.2 Å². The van der Waals surface area contributed by atoms with Crippen LogP contribution in [0.3, 0.4) is 0 Å². The van der Waals surface area contributed by atoms with Crippen LogP contribution in [0.4, 0.5) is 5.82 Å². The number of rotatable bonds is 7. The molecule has 1 aliphatic rings. The average Bonchev–Trinajstić information content (AvgIpc) is 3.13. The molecule has 0 bridgehead atoms. The van der Waals surface area contributed by atoms with Crippen molar-refractivity contribution in [3.05, 3.63) is 48.4 Å². The molecule has 1 aliphatic carbocycles. The topological polar surface area (TPSA) is 70.7 Å². The van der Waals surface area contributed by atoms with Gasteiger partial charge in [0, 0.05) is 25.1 Å². The number of hydrogen-bond acceptors (Lipinski definition) is 3. The molecule has 0 aliphatic heterocycles.